The first-order chi connectivity index (χ1) is 21.8. The maximum absolute atomic E-state index is 5.43. The van der Waals surface area contributed by atoms with Crippen LogP contribution in [-0.4, -0.2) is 10.8 Å². The summed E-state index contributed by atoms with van der Waals surface area (Å²) in [6.45, 7) is 0. The van der Waals surface area contributed by atoms with Crippen molar-refractivity contribution < 1.29 is 0 Å². The molecule has 210 valence electrons. The predicted octanol–water partition coefficient (Wildman–Crippen LogP) is 9.06. The highest BCUT2D eigenvalue weighted by Gasteiger charge is 2.28. The number of benzene rings is 6. The van der Waals surface area contributed by atoms with E-state index in [0.717, 1.165) is 50.2 Å². The molecule has 8 rings (SSSR count). The van der Waals surface area contributed by atoms with E-state index in [2.05, 4.69) is 150 Å². The highest BCUT2D eigenvalue weighted by molar-refractivity contribution is 6.15. The van der Waals surface area contributed by atoms with Crippen molar-refractivity contribution >= 4 is 27.5 Å². The highest BCUT2D eigenvalue weighted by Crippen LogP contribution is 2.40. The van der Waals surface area contributed by atoms with Crippen LogP contribution in [0.15, 0.2) is 163 Å². The number of rotatable bonds is 5. The van der Waals surface area contributed by atoms with Gasteiger partial charge in [0.25, 0.3) is 0 Å². The molecule has 2 N–H and O–H groups in total. The average molecular weight is 567 g/mol. The minimum absolute atomic E-state index is 0.231. The summed E-state index contributed by atoms with van der Waals surface area (Å²) < 4.78 is 0. The van der Waals surface area contributed by atoms with E-state index in [0.29, 0.717) is 0 Å². The molecule has 44 heavy (non-hydrogen) atoms. The van der Waals surface area contributed by atoms with Crippen LogP contribution < -0.4 is 10.6 Å². The van der Waals surface area contributed by atoms with Gasteiger partial charge in [-0.3, -0.25) is 5.32 Å². The highest BCUT2D eigenvalue weighted by atomic mass is 15.3. The van der Waals surface area contributed by atoms with E-state index in [4.69, 9.17) is 9.98 Å². The van der Waals surface area contributed by atoms with Crippen LogP contribution in [-0.2, 0) is 0 Å². The lowest BCUT2D eigenvalue weighted by Crippen LogP contribution is -2.45. The molecule has 0 saturated heterocycles. The monoisotopic (exact) mass is 566 g/mol. The second-order valence-corrected chi connectivity index (χ2v) is 11.1. The smallest absolute Gasteiger partial charge is 0.131 e. The second-order valence-electron chi connectivity index (χ2n) is 11.1. The van der Waals surface area contributed by atoms with Gasteiger partial charge in [-0.05, 0) is 39.6 Å². The lowest BCUT2D eigenvalue weighted by Gasteiger charge is -2.33. The van der Waals surface area contributed by atoms with Crippen molar-refractivity contribution in [2.75, 3.05) is 0 Å². The van der Waals surface area contributed by atoms with E-state index in [1.165, 1.54) is 16.3 Å². The SMILES string of the molecule is c1ccc(C2=NC(c3ccccc3)NC(c3cc4ccccc4c4c(-c5ccccc5)cc(-c5ccccc5)nc34)N2)cc1. The maximum atomic E-state index is 5.43. The van der Waals surface area contributed by atoms with E-state index < -0.39 is 0 Å². The third-order valence-electron chi connectivity index (χ3n) is 8.33. The Labute approximate surface area is 256 Å². The Bertz CT molecular complexity index is 2110. The molecule has 2 unspecified atom stereocenters. The van der Waals surface area contributed by atoms with Crippen LogP contribution in [0.3, 0.4) is 0 Å². The van der Waals surface area contributed by atoms with Crippen LogP contribution in [0, 0.1) is 0 Å². The van der Waals surface area contributed by atoms with Gasteiger partial charge in [0.05, 0.1) is 11.2 Å². The number of aliphatic imine (C=N–C) groups is 1. The third kappa shape index (κ3) is 4.81. The first kappa shape index (κ1) is 26.1. The number of nitrogens with zero attached hydrogens (tertiary/aromatic N) is 2. The van der Waals surface area contributed by atoms with Gasteiger partial charge >= 0.3 is 0 Å². The lowest BCUT2D eigenvalue weighted by molar-refractivity contribution is 0.411. The molecule has 2 heterocycles. The van der Waals surface area contributed by atoms with E-state index in [9.17, 15) is 0 Å². The number of aromatic nitrogens is 1. The Balaban J connectivity index is 1.40. The fraction of sp³-hybridized carbons (Fsp3) is 0.0500. The predicted molar refractivity (Wildman–Crippen MR) is 181 cm³/mol. The first-order valence-electron chi connectivity index (χ1n) is 15.0. The zero-order valence-electron chi connectivity index (χ0n) is 24.1. The van der Waals surface area contributed by atoms with Gasteiger partial charge in [0.15, 0.2) is 0 Å². The molecule has 4 nitrogen and oxygen atoms in total. The normalized spacial score (nSPS) is 16.4. The Morgan fingerprint density at radius 3 is 1.84 bits per heavy atom. The van der Waals surface area contributed by atoms with Crippen LogP contribution in [0.5, 0.6) is 0 Å². The van der Waals surface area contributed by atoms with Crippen LogP contribution in [0.25, 0.3) is 44.1 Å². The van der Waals surface area contributed by atoms with Crippen molar-refractivity contribution in [2.24, 2.45) is 4.99 Å². The molecule has 4 heteroatoms. The number of nitrogens with one attached hydrogen (secondary N) is 2. The molecule has 1 aromatic heterocycles. The molecule has 0 radical (unpaired) electrons. The largest absolute Gasteiger partial charge is 0.350 e. The minimum Gasteiger partial charge on any atom is -0.350 e. The van der Waals surface area contributed by atoms with E-state index in [-0.39, 0.29) is 12.3 Å². The van der Waals surface area contributed by atoms with Crippen LogP contribution in [0.2, 0.25) is 0 Å². The molecule has 1 aliphatic rings. The molecule has 0 aliphatic carbocycles. The van der Waals surface area contributed by atoms with E-state index >= 15 is 0 Å². The Morgan fingerprint density at radius 2 is 1.14 bits per heavy atom. The van der Waals surface area contributed by atoms with E-state index in [1.54, 1.807) is 0 Å². The Hall–Kier alpha value is -5.58. The number of fused-ring (bicyclic) bond motifs is 3. The van der Waals surface area contributed by atoms with Gasteiger partial charge in [-0.2, -0.15) is 0 Å². The molecular formula is C40H30N4. The Morgan fingerprint density at radius 1 is 0.545 bits per heavy atom. The molecule has 0 bridgehead atoms. The zero-order chi connectivity index (χ0) is 29.3. The summed E-state index contributed by atoms with van der Waals surface area (Å²) in [7, 11) is 0. The fourth-order valence-electron chi connectivity index (χ4n) is 6.20. The van der Waals surface area contributed by atoms with Gasteiger partial charge in [0, 0.05) is 22.1 Å². The van der Waals surface area contributed by atoms with Crippen molar-refractivity contribution in [1.29, 1.82) is 0 Å². The Kier molecular flexibility index (Phi) is 6.67. The van der Waals surface area contributed by atoms with Crippen LogP contribution >= 0.6 is 0 Å². The van der Waals surface area contributed by atoms with Gasteiger partial charge in [-0.1, -0.05) is 146 Å². The van der Waals surface area contributed by atoms with Gasteiger partial charge in [-0.15, -0.1) is 0 Å². The number of hydrogen-bond acceptors (Lipinski definition) is 4. The standard InChI is InChI=1S/C40H30N4/c1-5-15-27(16-6-1)33-26-35(28-17-7-2-8-18-28)41-37-34(25-31-23-13-14-24-32(31)36(33)37)40-43-38(29-19-9-3-10-20-29)42-39(44-40)30-21-11-4-12-22-30/h1-26,38,40,43H,(H,42,44). The minimum atomic E-state index is -0.248. The van der Waals surface area contributed by atoms with Crippen molar-refractivity contribution in [3.8, 4) is 22.4 Å². The topological polar surface area (TPSA) is 49.3 Å². The zero-order valence-corrected chi connectivity index (χ0v) is 24.1. The molecular weight excluding hydrogens is 536 g/mol. The van der Waals surface area contributed by atoms with E-state index in [1.807, 2.05) is 18.2 Å². The van der Waals surface area contributed by atoms with Crippen molar-refractivity contribution in [1.82, 2.24) is 15.6 Å². The summed E-state index contributed by atoms with van der Waals surface area (Å²) in [6.07, 6.45) is -0.479. The van der Waals surface area contributed by atoms with Gasteiger partial charge in [0.1, 0.15) is 18.2 Å². The fourth-order valence-corrected chi connectivity index (χ4v) is 6.20. The summed E-state index contributed by atoms with van der Waals surface area (Å²) in [5.41, 5.74) is 8.57. The number of hydrogen-bond donors (Lipinski definition) is 2. The van der Waals surface area contributed by atoms with Gasteiger partial charge in [-0.25, -0.2) is 9.98 Å². The number of amidine groups is 1. The van der Waals surface area contributed by atoms with Gasteiger partial charge < -0.3 is 5.32 Å². The molecule has 7 aromatic rings. The summed E-state index contributed by atoms with van der Waals surface area (Å²) in [5, 5.41) is 11.1. The summed E-state index contributed by atoms with van der Waals surface area (Å²) in [5.74, 6) is 0.854. The lowest BCUT2D eigenvalue weighted by atomic mass is 9.91. The molecule has 0 amide bonds. The first-order valence-corrected chi connectivity index (χ1v) is 15.0. The van der Waals surface area contributed by atoms with Crippen LogP contribution in [0.4, 0.5) is 0 Å². The number of pyridine rings is 1. The molecule has 0 spiro atoms. The van der Waals surface area contributed by atoms with Crippen LogP contribution in [0.1, 0.15) is 29.0 Å². The maximum Gasteiger partial charge on any atom is 0.131 e. The second kappa shape index (κ2) is 11.3. The summed E-state index contributed by atoms with van der Waals surface area (Å²) in [4.78, 5) is 10.6. The summed E-state index contributed by atoms with van der Waals surface area (Å²) in [6, 6.07) is 55.1. The summed E-state index contributed by atoms with van der Waals surface area (Å²) >= 11 is 0. The van der Waals surface area contributed by atoms with Crippen molar-refractivity contribution in [3.63, 3.8) is 0 Å². The average Bonchev–Trinajstić information content (AvgIpc) is 3.12. The molecule has 2 atom stereocenters. The molecule has 0 fully saturated rings. The molecule has 1 aliphatic heterocycles. The van der Waals surface area contributed by atoms with Crippen molar-refractivity contribution in [2.45, 2.75) is 12.3 Å². The molecule has 6 aromatic carbocycles. The van der Waals surface area contributed by atoms with Gasteiger partial charge in [0.2, 0.25) is 0 Å². The molecule has 0 saturated carbocycles. The quantitative estimate of drug-likeness (QED) is 0.204. The van der Waals surface area contributed by atoms with Crippen molar-refractivity contribution in [3.05, 3.63) is 174 Å². The third-order valence-corrected chi connectivity index (χ3v) is 8.33.